The quantitative estimate of drug-likeness (QED) is 0.681. The lowest BCUT2D eigenvalue weighted by molar-refractivity contribution is -0.139. The number of ether oxygens (including phenoxy) is 2. The maximum absolute atomic E-state index is 13.8. The van der Waals surface area contributed by atoms with Gasteiger partial charge in [0.15, 0.2) is 0 Å². The highest BCUT2D eigenvalue weighted by atomic mass is 35.5. The molecule has 2 aromatic rings. The van der Waals surface area contributed by atoms with Crippen LogP contribution in [-0.2, 0) is 22.6 Å². The van der Waals surface area contributed by atoms with Crippen LogP contribution in [0.2, 0.25) is 5.02 Å². The van der Waals surface area contributed by atoms with Crippen LogP contribution < -0.4 is 10.1 Å². The number of rotatable bonds is 7. The normalized spacial score (nSPS) is 12.2. The Morgan fingerprint density at radius 1 is 1.17 bits per heavy atom. The number of aliphatic carboxylic acids is 1. The fourth-order valence-electron chi connectivity index (χ4n) is 2.43. The summed E-state index contributed by atoms with van der Waals surface area (Å²) in [5.41, 5.74) is 0.197. The second-order valence-electron chi connectivity index (χ2n) is 7.37. The van der Waals surface area contributed by atoms with E-state index in [0.717, 1.165) is 0 Å². The standard InChI is InChI=1S/C21H23ClFNO5/c1-21(2,3)29-20(27)24-18(19(25)26)11-13-7-9-14(10-8-13)28-12-15-16(22)5-4-6-17(15)23/h4-10,18H,11-12H2,1-3H3,(H,24,27)(H,25,26). The van der Waals surface area contributed by atoms with Crippen molar-refractivity contribution in [1.82, 2.24) is 5.32 Å². The predicted molar refractivity (Wildman–Crippen MR) is 107 cm³/mol. The first-order valence-electron chi connectivity index (χ1n) is 8.92. The molecule has 0 saturated carbocycles. The minimum absolute atomic E-state index is 0.0389. The van der Waals surface area contributed by atoms with Crippen LogP contribution >= 0.6 is 11.6 Å². The molecule has 0 aliphatic rings. The zero-order chi connectivity index (χ0) is 21.6. The monoisotopic (exact) mass is 423 g/mol. The summed E-state index contributed by atoms with van der Waals surface area (Å²) in [6.07, 6.45) is -0.736. The molecule has 0 spiro atoms. The molecule has 0 radical (unpaired) electrons. The van der Waals surface area contributed by atoms with Gasteiger partial charge in [0.2, 0.25) is 0 Å². The highest BCUT2D eigenvalue weighted by Gasteiger charge is 2.24. The van der Waals surface area contributed by atoms with Crippen LogP contribution in [-0.4, -0.2) is 28.8 Å². The van der Waals surface area contributed by atoms with Crippen LogP contribution in [0, 0.1) is 5.82 Å². The van der Waals surface area contributed by atoms with Crippen LogP contribution in [0.1, 0.15) is 31.9 Å². The van der Waals surface area contributed by atoms with E-state index >= 15 is 0 Å². The third kappa shape index (κ3) is 7.27. The van der Waals surface area contributed by atoms with Gasteiger partial charge in [-0.3, -0.25) is 0 Å². The van der Waals surface area contributed by atoms with E-state index in [0.29, 0.717) is 11.3 Å². The number of carbonyl (C=O) groups excluding carboxylic acids is 1. The minimum Gasteiger partial charge on any atom is -0.489 e. The van der Waals surface area contributed by atoms with Crippen LogP contribution in [0.25, 0.3) is 0 Å². The Kier molecular flexibility index (Phi) is 7.45. The van der Waals surface area contributed by atoms with Crippen molar-refractivity contribution in [3.8, 4) is 5.75 Å². The number of carbonyl (C=O) groups is 2. The van der Waals surface area contributed by atoms with Crippen molar-refractivity contribution in [2.24, 2.45) is 0 Å². The van der Waals surface area contributed by atoms with Crippen molar-refractivity contribution in [2.75, 3.05) is 0 Å². The molecule has 2 rings (SSSR count). The Morgan fingerprint density at radius 2 is 1.83 bits per heavy atom. The van der Waals surface area contributed by atoms with Gasteiger partial charge in [-0.2, -0.15) is 0 Å². The molecule has 0 fully saturated rings. The molecule has 156 valence electrons. The van der Waals surface area contributed by atoms with Gasteiger partial charge >= 0.3 is 12.1 Å². The van der Waals surface area contributed by atoms with Gasteiger partial charge in [-0.25, -0.2) is 14.0 Å². The third-order valence-electron chi connectivity index (χ3n) is 3.80. The molecule has 2 aromatic carbocycles. The molecular formula is C21H23ClFNO5. The Balaban J connectivity index is 1.97. The molecule has 0 saturated heterocycles. The fraction of sp³-hybridized carbons (Fsp3) is 0.333. The van der Waals surface area contributed by atoms with Crippen molar-refractivity contribution in [1.29, 1.82) is 0 Å². The number of alkyl carbamates (subject to hydrolysis) is 1. The first-order valence-corrected chi connectivity index (χ1v) is 9.30. The Labute approximate surface area is 173 Å². The molecule has 2 N–H and O–H groups in total. The van der Waals surface area contributed by atoms with Crippen molar-refractivity contribution < 1.29 is 28.6 Å². The van der Waals surface area contributed by atoms with Gasteiger partial charge in [-0.05, 0) is 50.6 Å². The SMILES string of the molecule is CC(C)(C)OC(=O)NC(Cc1ccc(OCc2c(F)cccc2Cl)cc1)C(=O)O. The number of carboxylic acid groups (broad SMARTS) is 1. The fourth-order valence-corrected chi connectivity index (χ4v) is 2.65. The molecule has 0 heterocycles. The van der Waals surface area contributed by atoms with Crippen LogP contribution in [0.15, 0.2) is 42.5 Å². The maximum Gasteiger partial charge on any atom is 0.408 e. The molecule has 0 aromatic heterocycles. The van der Waals surface area contributed by atoms with Gasteiger partial charge in [0.25, 0.3) is 0 Å². The second kappa shape index (κ2) is 9.60. The minimum atomic E-state index is -1.18. The topological polar surface area (TPSA) is 84.9 Å². The number of halogens is 2. The Bertz CT molecular complexity index is 844. The van der Waals surface area contributed by atoms with E-state index in [-0.39, 0.29) is 23.6 Å². The zero-order valence-electron chi connectivity index (χ0n) is 16.4. The summed E-state index contributed by atoms with van der Waals surface area (Å²) in [7, 11) is 0. The number of hydrogen-bond acceptors (Lipinski definition) is 4. The number of amides is 1. The van der Waals surface area contributed by atoms with E-state index in [1.54, 1.807) is 51.1 Å². The summed E-state index contributed by atoms with van der Waals surface area (Å²) in [5, 5.41) is 12.0. The average molecular weight is 424 g/mol. The van der Waals surface area contributed by atoms with Gasteiger partial charge in [0.1, 0.15) is 29.8 Å². The second-order valence-corrected chi connectivity index (χ2v) is 7.78. The van der Waals surface area contributed by atoms with Gasteiger partial charge in [-0.1, -0.05) is 29.8 Å². The van der Waals surface area contributed by atoms with E-state index in [4.69, 9.17) is 21.1 Å². The van der Waals surface area contributed by atoms with E-state index in [9.17, 15) is 19.1 Å². The van der Waals surface area contributed by atoms with E-state index in [1.165, 1.54) is 12.1 Å². The number of hydrogen-bond donors (Lipinski definition) is 2. The summed E-state index contributed by atoms with van der Waals surface area (Å²) in [6, 6.07) is 9.87. The molecule has 1 atom stereocenters. The largest absolute Gasteiger partial charge is 0.489 e. The van der Waals surface area contributed by atoms with Crippen LogP contribution in [0.3, 0.4) is 0 Å². The van der Waals surface area contributed by atoms with Gasteiger partial charge in [0, 0.05) is 12.0 Å². The van der Waals surface area contributed by atoms with E-state index in [2.05, 4.69) is 5.32 Å². The lowest BCUT2D eigenvalue weighted by Gasteiger charge is -2.22. The summed E-state index contributed by atoms with van der Waals surface area (Å²) >= 11 is 5.97. The Morgan fingerprint density at radius 3 is 2.38 bits per heavy atom. The van der Waals surface area contributed by atoms with Crippen molar-refractivity contribution in [3.63, 3.8) is 0 Å². The third-order valence-corrected chi connectivity index (χ3v) is 4.15. The maximum atomic E-state index is 13.8. The molecule has 1 unspecified atom stereocenters. The smallest absolute Gasteiger partial charge is 0.408 e. The average Bonchev–Trinajstić information content (AvgIpc) is 2.60. The molecular weight excluding hydrogens is 401 g/mol. The van der Waals surface area contributed by atoms with Crippen molar-refractivity contribution in [2.45, 2.75) is 45.4 Å². The molecule has 8 heteroatoms. The first kappa shape index (κ1) is 22.5. The van der Waals surface area contributed by atoms with Crippen molar-refractivity contribution in [3.05, 3.63) is 64.4 Å². The van der Waals surface area contributed by atoms with Crippen molar-refractivity contribution >= 4 is 23.7 Å². The molecule has 0 aliphatic carbocycles. The highest BCUT2D eigenvalue weighted by Crippen LogP contribution is 2.22. The van der Waals surface area contributed by atoms with Crippen LogP contribution in [0.4, 0.5) is 9.18 Å². The summed E-state index contributed by atoms with van der Waals surface area (Å²) < 4.78 is 24.4. The summed E-state index contributed by atoms with van der Waals surface area (Å²) in [4.78, 5) is 23.3. The van der Waals surface area contributed by atoms with Gasteiger partial charge < -0.3 is 19.9 Å². The summed E-state index contributed by atoms with van der Waals surface area (Å²) in [6.45, 7) is 5.03. The lowest BCUT2D eigenvalue weighted by atomic mass is 10.1. The van der Waals surface area contributed by atoms with Gasteiger partial charge in [0.05, 0.1) is 5.02 Å². The number of carboxylic acids is 1. The first-order chi connectivity index (χ1) is 13.5. The summed E-state index contributed by atoms with van der Waals surface area (Å²) in [5.74, 6) is -1.16. The highest BCUT2D eigenvalue weighted by molar-refractivity contribution is 6.31. The van der Waals surface area contributed by atoms with Gasteiger partial charge in [-0.15, -0.1) is 0 Å². The molecule has 0 bridgehead atoms. The lowest BCUT2D eigenvalue weighted by Crippen LogP contribution is -2.44. The van der Waals surface area contributed by atoms with Crippen LogP contribution in [0.5, 0.6) is 5.75 Å². The molecule has 29 heavy (non-hydrogen) atoms. The zero-order valence-corrected chi connectivity index (χ0v) is 17.1. The molecule has 6 nitrogen and oxygen atoms in total. The predicted octanol–water partition coefficient (Wildman–Crippen LogP) is 4.58. The Hall–Kier alpha value is -2.80. The number of nitrogens with one attached hydrogen (secondary N) is 1. The number of benzene rings is 2. The van der Waals surface area contributed by atoms with E-state index in [1.807, 2.05) is 0 Å². The molecule has 0 aliphatic heterocycles. The molecule has 1 amide bonds. The van der Waals surface area contributed by atoms with E-state index < -0.39 is 29.5 Å².